The number of aromatic nitrogens is 2. The zero-order valence-electron chi connectivity index (χ0n) is 11.9. The van der Waals surface area contributed by atoms with Gasteiger partial charge in [0, 0.05) is 24.8 Å². The fourth-order valence-corrected chi connectivity index (χ4v) is 2.48. The van der Waals surface area contributed by atoms with Crippen LogP contribution in [-0.2, 0) is 0 Å². The number of anilines is 2. The largest absolute Gasteiger partial charge is 0.396 e. The Morgan fingerprint density at radius 1 is 1.19 bits per heavy atom. The molecule has 1 aliphatic carbocycles. The number of aliphatic hydroxyl groups excluding tert-OH is 1. The van der Waals surface area contributed by atoms with Crippen LogP contribution in [0.1, 0.15) is 19.3 Å². The third-order valence-electron chi connectivity index (χ3n) is 4.02. The lowest BCUT2D eigenvalue weighted by Gasteiger charge is -2.15. The maximum absolute atomic E-state index is 9.10. The molecule has 4 N–H and O–H groups in total. The van der Waals surface area contributed by atoms with E-state index in [9.17, 15) is 0 Å². The number of hydrogen-bond acceptors (Lipinski definition) is 5. The van der Waals surface area contributed by atoms with Gasteiger partial charge in [-0.1, -0.05) is 30.3 Å². The number of nitrogens with one attached hydrogen (secondary N) is 1. The van der Waals surface area contributed by atoms with E-state index in [1.807, 2.05) is 30.3 Å². The lowest BCUT2D eigenvalue weighted by Crippen LogP contribution is -2.17. The summed E-state index contributed by atoms with van der Waals surface area (Å²) in [4.78, 5) is 8.82. The van der Waals surface area contributed by atoms with Crippen LogP contribution < -0.4 is 11.1 Å². The van der Waals surface area contributed by atoms with Crippen molar-refractivity contribution in [3.05, 3.63) is 36.4 Å². The number of benzene rings is 1. The van der Waals surface area contributed by atoms with Crippen molar-refractivity contribution < 1.29 is 5.11 Å². The Morgan fingerprint density at radius 3 is 2.62 bits per heavy atom. The third-order valence-corrected chi connectivity index (χ3v) is 4.02. The van der Waals surface area contributed by atoms with E-state index < -0.39 is 0 Å². The monoisotopic (exact) mass is 284 g/mol. The zero-order valence-corrected chi connectivity index (χ0v) is 11.9. The van der Waals surface area contributed by atoms with E-state index in [2.05, 4.69) is 15.3 Å². The van der Waals surface area contributed by atoms with Crippen LogP contribution in [0.5, 0.6) is 0 Å². The molecule has 3 rings (SSSR count). The van der Waals surface area contributed by atoms with Gasteiger partial charge < -0.3 is 16.2 Å². The predicted octanol–water partition coefficient (Wildman–Crippen LogP) is 2.30. The van der Waals surface area contributed by atoms with Crippen LogP contribution in [0, 0.1) is 5.41 Å². The summed E-state index contributed by atoms with van der Waals surface area (Å²) in [6.07, 6.45) is 3.16. The summed E-state index contributed by atoms with van der Waals surface area (Å²) < 4.78 is 0. The fourth-order valence-electron chi connectivity index (χ4n) is 2.48. The number of nitrogens with two attached hydrogens (primary N) is 1. The highest BCUT2D eigenvalue weighted by atomic mass is 16.3. The molecule has 0 saturated heterocycles. The molecule has 5 heteroatoms. The number of aliphatic hydroxyl groups is 1. The highest BCUT2D eigenvalue weighted by Gasteiger charge is 2.41. The molecular weight excluding hydrogens is 264 g/mol. The van der Waals surface area contributed by atoms with Crippen LogP contribution >= 0.6 is 0 Å². The normalized spacial score (nSPS) is 15.7. The molecule has 0 unspecified atom stereocenters. The molecule has 2 aromatic rings. The summed E-state index contributed by atoms with van der Waals surface area (Å²) >= 11 is 0. The Labute approximate surface area is 124 Å². The van der Waals surface area contributed by atoms with Crippen molar-refractivity contribution in [2.45, 2.75) is 19.3 Å². The van der Waals surface area contributed by atoms with Crippen LogP contribution in [0.2, 0.25) is 0 Å². The summed E-state index contributed by atoms with van der Waals surface area (Å²) in [5, 5.41) is 12.4. The number of nitrogens with zero attached hydrogens (tertiary/aromatic N) is 2. The number of nitrogen functional groups attached to an aromatic ring is 1. The average Bonchev–Trinajstić information content (AvgIpc) is 3.26. The third kappa shape index (κ3) is 3.31. The van der Waals surface area contributed by atoms with E-state index in [4.69, 9.17) is 10.8 Å². The average molecular weight is 284 g/mol. The molecule has 5 nitrogen and oxygen atoms in total. The molecule has 1 fully saturated rings. The predicted molar refractivity (Wildman–Crippen MR) is 83.7 cm³/mol. The first-order valence-electron chi connectivity index (χ1n) is 7.26. The van der Waals surface area contributed by atoms with E-state index in [1.165, 1.54) is 0 Å². The summed E-state index contributed by atoms with van der Waals surface area (Å²) in [5.74, 6) is 1.83. The summed E-state index contributed by atoms with van der Waals surface area (Å²) in [5.41, 5.74) is 7.07. The zero-order chi connectivity index (χ0) is 14.7. The molecule has 0 aliphatic heterocycles. The Balaban J connectivity index is 1.76. The minimum absolute atomic E-state index is 0.237. The molecule has 110 valence electrons. The van der Waals surface area contributed by atoms with Gasteiger partial charge in [-0.3, -0.25) is 0 Å². The first-order valence-corrected chi connectivity index (χ1v) is 7.26. The van der Waals surface area contributed by atoms with Gasteiger partial charge >= 0.3 is 0 Å². The minimum Gasteiger partial charge on any atom is -0.396 e. The second-order valence-electron chi connectivity index (χ2n) is 5.69. The summed E-state index contributed by atoms with van der Waals surface area (Å²) in [6.45, 7) is 1.06. The highest BCUT2D eigenvalue weighted by molar-refractivity contribution is 5.60. The molecule has 1 aromatic heterocycles. The van der Waals surface area contributed by atoms with E-state index >= 15 is 0 Å². The quantitative estimate of drug-likeness (QED) is 0.758. The molecule has 1 saturated carbocycles. The first kappa shape index (κ1) is 13.8. The van der Waals surface area contributed by atoms with Crippen LogP contribution in [0.25, 0.3) is 11.4 Å². The molecule has 1 aromatic carbocycles. The van der Waals surface area contributed by atoms with Crippen molar-refractivity contribution in [1.29, 1.82) is 0 Å². The van der Waals surface area contributed by atoms with Gasteiger partial charge in [0.25, 0.3) is 0 Å². The maximum atomic E-state index is 9.10. The number of rotatable bonds is 6. The van der Waals surface area contributed by atoms with E-state index in [-0.39, 0.29) is 12.0 Å². The Morgan fingerprint density at radius 2 is 1.95 bits per heavy atom. The molecule has 0 spiro atoms. The van der Waals surface area contributed by atoms with E-state index in [0.717, 1.165) is 37.2 Å². The number of hydrogen-bond donors (Lipinski definition) is 3. The van der Waals surface area contributed by atoms with Gasteiger partial charge in [-0.05, 0) is 24.7 Å². The summed E-state index contributed by atoms with van der Waals surface area (Å²) in [7, 11) is 0. The SMILES string of the molecule is Nc1cc(NCC2(CCO)CC2)nc(-c2ccccc2)n1. The van der Waals surface area contributed by atoms with Crippen LogP contribution in [0.15, 0.2) is 36.4 Å². The van der Waals surface area contributed by atoms with Crippen molar-refractivity contribution in [2.24, 2.45) is 5.41 Å². The first-order chi connectivity index (χ1) is 10.2. The lowest BCUT2D eigenvalue weighted by atomic mass is 10.0. The smallest absolute Gasteiger partial charge is 0.163 e. The fraction of sp³-hybridized carbons (Fsp3) is 0.375. The van der Waals surface area contributed by atoms with Crippen molar-refractivity contribution in [2.75, 3.05) is 24.2 Å². The molecular formula is C16H20N4O. The van der Waals surface area contributed by atoms with Gasteiger partial charge in [0.05, 0.1) is 0 Å². The molecule has 1 aliphatic rings. The van der Waals surface area contributed by atoms with Gasteiger partial charge in [-0.25, -0.2) is 9.97 Å². The Bertz CT molecular complexity index is 611. The van der Waals surface area contributed by atoms with Crippen molar-refractivity contribution in [1.82, 2.24) is 9.97 Å². The van der Waals surface area contributed by atoms with Crippen molar-refractivity contribution in [3.8, 4) is 11.4 Å². The van der Waals surface area contributed by atoms with E-state index in [1.54, 1.807) is 6.07 Å². The van der Waals surface area contributed by atoms with Gasteiger partial charge in [-0.15, -0.1) is 0 Å². The van der Waals surface area contributed by atoms with Gasteiger partial charge in [-0.2, -0.15) is 0 Å². The van der Waals surface area contributed by atoms with Crippen LogP contribution in [0.3, 0.4) is 0 Å². The molecule has 0 amide bonds. The minimum atomic E-state index is 0.237. The van der Waals surface area contributed by atoms with Crippen molar-refractivity contribution >= 4 is 11.6 Å². The lowest BCUT2D eigenvalue weighted by molar-refractivity contribution is 0.253. The topological polar surface area (TPSA) is 84.1 Å². The molecule has 0 bridgehead atoms. The standard InChI is InChI=1S/C16H20N4O/c17-13-10-14(18-11-16(6-7-16)8-9-21)20-15(19-13)12-4-2-1-3-5-12/h1-5,10,21H,6-9,11H2,(H3,17,18,19,20). The van der Waals surface area contributed by atoms with E-state index in [0.29, 0.717) is 11.6 Å². The Hall–Kier alpha value is -2.14. The molecule has 0 atom stereocenters. The Kier molecular flexibility index (Phi) is 3.75. The van der Waals surface area contributed by atoms with Gasteiger partial charge in [0.15, 0.2) is 5.82 Å². The highest BCUT2D eigenvalue weighted by Crippen LogP contribution is 2.48. The summed E-state index contributed by atoms with van der Waals surface area (Å²) in [6, 6.07) is 11.5. The molecule has 0 radical (unpaired) electrons. The second-order valence-corrected chi connectivity index (χ2v) is 5.69. The van der Waals surface area contributed by atoms with Gasteiger partial charge in [0.2, 0.25) is 0 Å². The second kappa shape index (κ2) is 5.69. The van der Waals surface area contributed by atoms with Crippen LogP contribution in [0.4, 0.5) is 11.6 Å². The van der Waals surface area contributed by atoms with Crippen LogP contribution in [-0.4, -0.2) is 28.2 Å². The van der Waals surface area contributed by atoms with Gasteiger partial charge in [0.1, 0.15) is 11.6 Å². The molecule has 1 heterocycles. The molecule has 21 heavy (non-hydrogen) atoms. The maximum Gasteiger partial charge on any atom is 0.163 e. The van der Waals surface area contributed by atoms with Crippen molar-refractivity contribution in [3.63, 3.8) is 0 Å².